The van der Waals surface area contributed by atoms with Crippen LogP contribution in [-0.4, -0.2) is 86.7 Å². The summed E-state index contributed by atoms with van der Waals surface area (Å²) >= 11 is 0. The van der Waals surface area contributed by atoms with E-state index in [9.17, 15) is 44.3 Å². The number of hydrogen-bond acceptors (Lipinski definition) is 5. The van der Waals surface area contributed by atoms with Gasteiger partial charge in [-0.25, -0.2) is 4.79 Å². The van der Waals surface area contributed by atoms with Gasteiger partial charge in [0.15, 0.2) is 0 Å². The highest BCUT2D eigenvalue weighted by atomic mass is 19.4. The molecule has 0 aromatic heterocycles. The van der Waals surface area contributed by atoms with Crippen molar-refractivity contribution in [1.29, 1.82) is 0 Å². The van der Waals surface area contributed by atoms with E-state index in [0.29, 0.717) is 36.2 Å². The van der Waals surface area contributed by atoms with Gasteiger partial charge in [0.05, 0.1) is 5.56 Å². The molecule has 1 aromatic carbocycles. The van der Waals surface area contributed by atoms with Crippen molar-refractivity contribution in [3.8, 4) is 0 Å². The molecule has 2 atom stereocenters. The van der Waals surface area contributed by atoms with E-state index in [0.717, 1.165) is 30.1 Å². The van der Waals surface area contributed by atoms with Crippen LogP contribution in [0.25, 0.3) is 0 Å². The summed E-state index contributed by atoms with van der Waals surface area (Å²) in [4.78, 5) is 16.5. The smallest absolute Gasteiger partial charge is 0.426 e. The number of alkyl halides is 9. The number of nitrogens with one attached hydrogen (secondary N) is 1. The Labute approximate surface area is 220 Å². The van der Waals surface area contributed by atoms with E-state index in [-0.39, 0.29) is 32.7 Å². The average Bonchev–Trinajstić information content (AvgIpc) is 3.45. The lowest BCUT2D eigenvalue weighted by Crippen LogP contribution is -2.52. The molecule has 15 heteroatoms. The molecule has 6 nitrogen and oxygen atoms in total. The van der Waals surface area contributed by atoms with Crippen molar-refractivity contribution in [1.82, 2.24) is 15.1 Å². The highest BCUT2D eigenvalue weighted by molar-refractivity contribution is 5.68. The summed E-state index contributed by atoms with van der Waals surface area (Å²) in [6, 6.07) is 3.49. The fraction of sp³-hybridized carbons (Fsp3) is 0.708. The first-order valence-electron chi connectivity index (χ1n) is 12.6. The van der Waals surface area contributed by atoms with Gasteiger partial charge in [0.1, 0.15) is 0 Å². The minimum atomic E-state index is -5.81. The van der Waals surface area contributed by atoms with Crippen LogP contribution in [0.5, 0.6) is 0 Å². The lowest BCUT2D eigenvalue weighted by atomic mass is 10.0. The normalized spacial score (nSPS) is 22.6. The van der Waals surface area contributed by atoms with Crippen molar-refractivity contribution in [2.24, 2.45) is 11.8 Å². The van der Waals surface area contributed by atoms with Crippen LogP contribution in [-0.2, 0) is 17.5 Å². The summed E-state index contributed by atoms with van der Waals surface area (Å²) < 4.78 is 120. The molecular weight excluding hydrogens is 547 g/mol. The van der Waals surface area contributed by atoms with E-state index < -0.39 is 36.3 Å². The number of piperazine rings is 1. The summed E-state index contributed by atoms with van der Waals surface area (Å²) in [5.41, 5.74) is 0.285. The van der Waals surface area contributed by atoms with Gasteiger partial charge in [0, 0.05) is 64.6 Å². The molecule has 3 fully saturated rings. The Morgan fingerprint density at radius 1 is 0.923 bits per heavy atom. The van der Waals surface area contributed by atoms with Gasteiger partial charge in [0.2, 0.25) is 0 Å². The third kappa shape index (κ3) is 7.62. The van der Waals surface area contributed by atoms with E-state index >= 15 is 0 Å². The standard InChI is InChI=1S/C22H25F9N4O2.C2H6/c23-20(24,25)16-2-1-13(17(7-16)35-11-14-8-32-9-15(14)12-35)10-33-3-5-34(6-4-33)19(36)37-18(21(26,27)28)22(29,30)31;1-2/h1-2,7,14-15,18,32H,3-6,8-12H2;1-2H3. The molecule has 0 bridgehead atoms. The summed E-state index contributed by atoms with van der Waals surface area (Å²) in [5.74, 6) is 0.656. The summed E-state index contributed by atoms with van der Waals surface area (Å²) in [6.45, 7) is 6.77. The predicted molar refractivity (Wildman–Crippen MR) is 124 cm³/mol. The first kappa shape index (κ1) is 31.1. The first-order valence-corrected chi connectivity index (χ1v) is 12.6. The average molecular weight is 579 g/mol. The Morgan fingerprint density at radius 2 is 1.46 bits per heavy atom. The summed E-state index contributed by atoms with van der Waals surface area (Å²) in [7, 11) is 0. The fourth-order valence-corrected chi connectivity index (χ4v) is 5.04. The number of hydrogen-bond donors (Lipinski definition) is 1. The fourth-order valence-electron chi connectivity index (χ4n) is 5.04. The molecule has 3 heterocycles. The van der Waals surface area contributed by atoms with Crippen LogP contribution in [0.1, 0.15) is 25.0 Å². The van der Waals surface area contributed by atoms with Crippen LogP contribution in [0.4, 0.5) is 50.0 Å². The van der Waals surface area contributed by atoms with Crippen molar-refractivity contribution >= 4 is 11.8 Å². The third-order valence-electron chi connectivity index (χ3n) is 6.98. The number of anilines is 1. The van der Waals surface area contributed by atoms with Crippen molar-refractivity contribution < 1.29 is 49.0 Å². The predicted octanol–water partition coefficient (Wildman–Crippen LogP) is 5.13. The lowest BCUT2D eigenvalue weighted by molar-refractivity contribution is -0.308. The minimum absolute atomic E-state index is 0.0907. The molecule has 3 aliphatic rings. The van der Waals surface area contributed by atoms with Gasteiger partial charge in [-0.1, -0.05) is 19.9 Å². The maximum absolute atomic E-state index is 13.4. The van der Waals surface area contributed by atoms with Gasteiger partial charge >= 0.3 is 24.6 Å². The zero-order valence-electron chi connectivity index (χ0n) is 21.4. The van der Waals surface area contributed by atoms with Crippen LogP contribution in [0, 0.1) is 11.8 Å². The Hall–Kier alpha value is -2.42. The Kier molecular flexibility index (Phi) is 9.56. The van der Waals surface area contributed by atoms with Gasteiger partial charge in [-0.15, -0.1) is 0 Å². The number of ether oxygens (including phenoxy) is 1. The number of benzene rings is 1. The molecule has 0 saturated carbocycles. The number of halogens is 9. The van der Waals surface area contributed by atoms with E-state index in [1.807, 2.05) is 18.7 Å². The van der Waals surface area contributed by atoms with Gasteiger partial charge in [-0.05, 0) is 29.5 Å². The van der Waals surface area contributed by atoms with Crippen molar-refractivity contribution in [2.45, 2.75) is 45.0 Å². The highest BCUT2D eigenvalue weighted by Gasteiger charge is 2.60. The SMILES string of the molecule is CC.O=C(OC(C(F)(F)F)C(F)(F)F)N1CCN(Cc2ccc(C(F)(F)F)cc2N2CC3CNCC3C2)CC1. The molecular formula is C24H31F9N4O2. The molecule has 1 N–H and O–H groups in total. The first-order chi connectivity index (χ1) is 18.1. The maximum atomic E-state index is 13.4. The van der Waals surface area contributed by atoms with Gasteiger partial charge < -0.3 is 19.9 Å². The van der Waals surface area contributed by atoms with Gasteiger partial charge in [-0.2, -0.15) is 39.5 Å². The molecule has 3 aliphatic heterocycles. The Balaban J connectivity index is 0.00000205. The third-order valence-corrected chi connectivity index (χ3v) is 6.98. The van der Waals surface area contributed by atoms with E-state index in [1.54, 1.807) is 4.90 Å². The monoisotopic (exact) mass is 578 g/mol. The van der Waals surface area contributed by atoms with Crippen molar-refractivity contribution in [3.05, 3.63) is 29.3 Å². The highest BCUT2D eigenvalue weighted by Crippen LogP contribution is 2.38. The molecule has 1 amide bonds. The molecule has 39 heavy (non-hydrogen) atoms. The molecule has 0 radical (unpaired) electrons. The zero-order valence-corrected chi connectivity index (χ0v) is 21.4. The van der Waals surface area contributed by atoms with Crippen LogP contribution in [0.3, 0.4) is 0 Å². The van der Waals surface area contributed by atoms with Gasteiger partial charge in [-0.3, -0.25) is 4.90 Å². The number of carbonyl (C=O) groups is 1. The molecule has 3 saturated heterocycles. The largest absolute Gasteiger partial charge is 0.434 e. The van der Waals surface area contributed by atoms with E-state index in [1.165, 1.54) is 6.07 Å². The van der Waals surface area contributed by atoms with Crippen molar-refractivity contribution in [3.63, 3.8) is 0 Å². The summed E-state index contributed by atoms with van der Waals surface area (Å²) in [5, 5.41) is 3.27. The maximum Gasteiger partial charge on any atom is 0.434 e. The molecule has 1 aromatic rings. The van der Waals surface area contributed by atoms with E-state index in [2.05, 4.69) is 10.1 Å². The van der Waals surface area contributed by atoms with E-state index in [4.69, 9.17) is 0 Å². The topological polar surface area (TPSA) is 48.1 Å². The van der Waals surface area contributed by atoms with Crippen LogP contribution in [0.2, 0.25) is 0 Å². The molecule has 4 rings (SSSR count). The Morgan fingerprint density at radius 3 is 1.95 bits per heavy atom. The number of carbonyl (C=O) groups excluding carboxylic acids is 1. The number of amides is 1. The summed E-state index contributed by atoms with van der Waals surface area (Å²) in [6.07, 6.45) is -22.1. The number of nitrogens with zero attached hydrogens (tertiary/aromatic N) is 3. The Bertz CT molecular complexity index is 950. The molecule has 222 valence electrons. The second-order valence-corrected chi connectivity index (χ2v) is 9.53. The van der Waals surface area contributed by atoms with Crippen molar-refractivity contribution in [2.75, 3.05) is 57.3 Å². The molecule has 2 unspecified atom stereocenters. The van der Waals surface area contributed by atoms with Crippen LogP contribution in [0.15, 0.2) is 18.2 Å². The number of rotatable bonds is 4. The quantitative estimate of drug-likeness (QED) is 0.502. The minimum Gasteiger partial charge on any atom is -0.426 e. The van der Waals surface area contributed by atoms with Crippen LogP contribution < -0.4 is 10.2 Å². The zero-order chi connectivity index (χ0) is 29.2. The second kappa shape index (κ2) is 12.0. The molecule has 0 spiro atoms. The number of fused-ring (bicyclic) bond motifs is 1. The lowest BCUT2D eigenvalue weighted by Gasteiger charge is -2.36. The van der Waals surface area contributed by atoms with Crippen LogP contribution >= 0.6 is 0 Å². The van der Waals surface area contributed by atoms with Gasteiger partial charge in [0.25, 0.3) is 6.10 Å². The second-order valence-electron chi connectivity index (χ2n) is 9.53. The molecule has 0 aliphatic carbocycles.